The molecule has 0 spiro atoms. The fourth-order valence-corrected chi connectivity index (χ4v) is 4.57. The number of carbonyl (C=O) groups is 3. The third kappa shape index (κ3) is 5.66. The number of rotatable bonds is 9. The Labute approximate surface area is 207 Å². The molecule has 1 heterocycles. The van der Waals surface area contributed by atoms with E-state index in [1.165, 1.54) is 4.90 Å². The normalized spacial score (nSPS) is 14.6. The number of esters is 1. The summed E-state index contributed by atoms with van der Waals surface area (Å²) in [6, 6.07) is 18.9. The smallest absolute Gasteiger partial charge is 0.344 e. The second kappa shape index (κ2) is 11.1. The van der Waals surface area contributed by atoms with Crippen LogP contribution < -0.4 is 9.47 Å². The molecular weight excluding hydrogens is 466 g/mol. The molecule has 8 heteroatoms. The van der Waals surface area contributed by atoms with Crippen LogP contribution in [0.15, 0.2) is 65.6 Å². The minimum atomic E-state index is -0.473. The first-order valence-electron chi connectivity index (χ1n) is 11.3. The van der Waals surface area contributed by atoms with Crippen LogP contribution in [0.2, 0.25) is 0 Å². The molecule has 1 saturated heterocycles. The molecule has 0 radical (unpaired) electrons. The molecule has 4 rings (SSSR count). The van der Waals surface area contributed by atoms with Crippen LogP contribution in [0.25, 0.3) is 16.8 Å². The van der Waals surface area contributed by atoms with Gasteiger partial charge in [0.1, 0.15) is 0 Å². The van der Waals surface area contributed by atoms with Gasteiger partial charge in [0.15, 0.2) is 18.1 Å². The van der Waals surface area contributed by atoms with Crippen molar-refractivity contribution in [3.05, 3.63) is 76.7 Å². The maximum atomic E-state index is 13.1. The van der Waals surface area contributed by atoms with E-state index in [-0.39, 0.29) is 30.9 Å². The van der Waals surface area contributed by atoms with Crippen LogP contribution in [-0.4, -0.2) is 41.8 Å². The number of amides is 2. The van der Waals surface area contributed by atoms with Crippen molar-refractivity contribution >= 4 is 45.7 Å². The standard InChI is InChI=1S/C27H25NO6S/c1-3-32-23-14-18(12-13-22(23)34-17-25(29)33-4-2)15-24-26(30)28(27(31)35-24)16-20-10-7-9-19-8-5-6-11-21(19)20/h5-15H,3-4,16-17H2,1-2H3/b24-15+. The first-order valence-corrected chi connectivity index (χ1v) is 12.1. The molecule has 180 valence electrons. The maximum Gasteiger partial charge on any atom is 0.344 e. The lowest BCUT2D eigenvalue weighted by atomic mass is 10.0. The highest BCUT2D eigenvalue weighted by Crippen LogP contribution is 2.36. The molecule has 3 aromatic rings. The highest BCUT2D eigenvalue weighted by atomic mass is 32.2. The number of carbonyl (C=O) groups excluding carboxylic acids is 3. The van der Waals surface area contributed by atoms with Crippen LogP contribution in [0, 0.1) is 0 Å². The zero-order valence-electron chi connectivity index (χ0n) is 19.5. The van der Waals surface area contributed by atoms with Crippen molar-refractivity contribution in [1.29, 1.82) is 0 Å². The molecular formula is C27H25NO6S. The van der Waals surface area contributed by atoms with Gasteiger partial charge in [0.2, 0.25) is 0 Å². The van der Waals surface area contributed by atoms with Crippen LogP contribution in [0.4, 0.5) is 4.79 Å². The van der Waals surface area contributed by atoms with Crippen molar-refractivity contribution in [2.75, 3.05) is 19.8 Å². The van der Waals surface area contributed by atoms with Gasteiger partial charge in [-0.05, 0) is 65.7 Å². The van der Waals surface area contributed by atoms with Crippen molar-refractivity contribution in [3.8, 4) is 11.5 Å². The molecule has 0 bridgehead atoms. The highest BCUT2D eigenvalue weighted by Gasteiger charge is 2.35. The number of fused-ring (bicyclic) bond motifs is 1. The minimum absolute atomic E-state index is 0.203. The van der Waals surface area contributed by atoms with Crippen molar-refractivity contribution in [1.82, 2.24) is 4.90 Å². The van der Waals surface area contributed by atoms with Crippen LogP contribution >= 0.6 is 11.8 Å². The van der Waals surface area contributed by atoms with Crippen LogP contribution in [0.1, 0.15) is 25.0 Å². The lowest BCUT2D eigenvalue weighted by Crippen LogP contribution is -2.27. The van der Waals surface area contributed by atoms with Gasteiger partial charge in [-0.1, -0.05) is 48.5 Å². The van der Waals surface area contributed by atoms with Gasteiger partial charge in [-0.15, -0.1) is 0 Å². The zero-order chi connectivity index (χ0) is 24.8. The van der Waals surface area contributed by atoms with Crippen molar-refractivity contribution in [2.45, 2.75) is 20.4 Å². The Balaban J connectivity index is 1.53. The predicted octanol–water partition coefficient (Wildman–Crippen LogP) is 5.42. The van der Waals surface area contributed by atoms with E-state index < -0.39 is 5.97 Å². The second-order valence-electron chi connectivity index (χ2n) is 7.64. The molecule has 1 aliphatic heterocycles. The molecule has 3 aromatic carbocycles. The highest BCUT2D eigenvalue weighted by molar-refractivity contribution is 8.18. The van der Waals surface area contributed by atoms with Gasteiger partial charge in [-0.3, -0.25) is 14.5 Å². The Hall–Kier alpha value is -3.78. The van der Waals surface area contributed by atoms with Gasteiger partial charge in [-0.25, -0.2) is 4.79 Å². The van der Waals surface area contributed by atoms with Crippen LogP contribution in [0.3, 0.4) is 0 Å². The molecule has 0 saturated carbocycles. The predicted molar refractivity (Wildman–Crippen MR) is 135 cm³/mol. The Bertz CT molecular complexity index is 1300. The average molecular weight is 492 g/mol. The molecule has 0 aromatic heterocycles. The summed E-state index contributed by atoms with van der Waals surface area (Å²) in [5, 5.41) is 1.76. The van der Waals surface area contributed by atoms with Gasteiger partial charge < -0.3 is 14.2 Å². The number of hydrogen-bond acceptors (Lipinski definition) is 7. The van der Waals surface area contributed by atoms with E-state index in [0.29, 0.717) is 28.6 Å². The van der Waals surface area contributed by atoms with E-state index in [1.54, 1.807) is 31.2 Å². The number of benzene rings is 3. The van der Waals surface area contributed by atoms with Gasteiger partial charge in [0.25, 0.3) is 11.1 Å². The Kier molecular flexibility index (Phi) is 7.72. The zero-order valence-corrected chi connectivity index (χ0v) is 20.3. The van der Waals surface area contributed by atoms with E-state index in [4.69, 9.17) is 14.2 Å². The summed E-state index contributed by atoms with van der Waals surface area (Å²) < 4.78 is 16.1. The SMILES string of the molecule is CCOC(=O)COc1ccc(/C=C2/SC(=O)N(Cc3cccc4ccccc34)C2=O)cc1OCC. The van der Waals surface area contributed by atoms with Crippen LogP contribution in [-0.2, 0) is 20.9 Å². The lowest BCUT2D eigenvalue weighted by Gasteiger charge is -2.14. The Morgan fingerprint density at radius 2 is 1.74 bits per heavy atom. The topological polar surface area (TPSA) is 82.1 Å². The fraction of sp³-hybridized carbons (Fsp3) is 0.222. The van der Waals surface area contributed by atoms with Gasteiger partial charge in [0, 0.05) is 0 Å². The largest absolute Gasteiger partial charge is 0.490 e. The Morgan fingerprint density at radius 1 is 0.943 bits per heavy atom. The second-order valence-corrected chi connectivity index (χ2v) is 8.63. The first-order chi connectivity index (χ1) is 17.0. The molecule has 7 nitrogen and oxygen atoms in total. The summed E-state index contributed by atoms with van der Waals surface area (Å²) in [6.07, 6.45) is 1.66. The number of ether oxygens (including phenoxy) is 3. The summed E-state index contributed by atoms with van der Waals surface area (Å²) in [5.41, 5.74) is 1.58. The van der Waals surface area contributed by atoms with E-state index in [2.05, 4.69) is 0 Å². The summed E-state index contributed by atoms with van der Waals surface area (Å²) >= 11 is 0.910. The summed E-state index contributed by atoms with van der Waals surface area (Å²) in [4.78, 5) is 39.0. The number of thioether (sulfide) groups is 1. The van der Waals surface area contributed by atoms with Crippen molar-refractivity contribution in [3.63, 3.8) is 0 Å². The summed E-state index contributed by atoms with van der Waals surface area (Å²) in [7, 11) is 0. The summed E-state index contributed by atoms with van der Waals surface area (Å²) in [5.74, 6) is 0.00840. The number of hydrogen-bond donors (Lipinski definition) is 0. The van der Waals surface area contributed by atoms with Crippen LogP contribution in [0.5, 0.6) is 11.5 Å². The van der Waals surface area contributed by atoms with Crippen molar-refractivity contribution in [2.24, 2.45) is 0 Å². The average Bonchev–Trinajstić information content (AvgIpc) is 3.11. The molecule has 35 heavy (non-hydrogen) atoms. The van der Waals surface area contributed by atoms with E-state index >= 15 is 0 Å². The molecule has 0 atom stereocenters. The molecule has 1 fully saturated rings. The third-order valence-electron chi connectivity index (χ3n) is 5.30. The number of imide groups is 1. The lowest BCUT2D eigenvalue weighted by molar-refractivity contribution is -0.145. The first kappa shape index (κ1) is 24.3. The number of nitrogens with zero attached hydrogens (tertiary/aromatic N) is 1. The molecule has 0 aliphatic carbocycles. The molecule has 0 unspecified atom stereocenters. The summed E-state index contributed by atoms with van der Waals surface area (Å²) in [6.45, 7) is 4.19. The quantitative estimate of drug-likeness (QED) is 0.292. The van der Waals surface area contributed by atoms with E-state index in [0.717, 1.165) is 28.1 Å². The maximum absolute atomic E-state index is 13.1. The third-order valence-corrected chi connectivity index (χ3v) is 6.21. The van der Waals surface area contributed by atoms with Gasteiger partial charge in [-0.2, -0.15) is 0 Å². The fourth-order valence-electron chi connectivity index (χ4n) is 3.73. The van der Waals surface area contributed by atoms with E-state index in [1.807, 2.05) is 49.4 Å². The Morgan fingerprint density at radius 3 is 2.54 bits per heavy atom. The molecule has 1 aliphatic rings. The monoisotopic (exact) mass is 491 g/mol. The molecule has 2 amide bonds. The van der Waals surface area contributed by atoms with Gasteiger partial charge in [0.05, 0.1) is 24.7 Å². The van der Waals surface area contributed by atoms with Gasteiger partial charge >= 0.3 is 5.97 Å². The molecule has 0 N–H and O–H groups in total. The minimum Gasteiger partial charge on any atom is -0.490 e. The van der Waals surface area contributed by atoms with Crippen molar-refractivity contribution < 1.29 is 28.6 Å². The van der Waals surface area contributed by atoms with E-state index in [9.17, 15) is 14.4 Å².